The smallest absolute Gasteiger partial charge is 0.326 e. The highest BCUT2D eigenvalue weighted by Crippen LogP contribution is 2.19. The van der Waals surface area contributed by atoms with Gasteiger partial charge in [0.15, 0.2) is 6.61 Å². The second-order valence-electron chi connectivity index (χ2n) is 13.5. The van der Waals surface area contributed by atoms with Gasteiger partial charge in [0.1, 0.15) is 29.9 Å². The summed E-state index contributed by atoms with van der Waals surface area (Å²) in [5, 5.41) is 21.1. The molecule has 0 aliphatic carbocycles. The Balaban J connectivity index is 1.33. The van der Waals surface area contributed by atoms with Crippen LogP contribution in [-0.4, -0.2) is 75.4 Å². The summed E-state index contributed by atoms with van der Waals surface area (Å²) in [7, 11) is 0. The number of carboxylic acids is 1. The number of rotatable bonds is 9. The first kappa shape index (κ1) is 38.8. The van der Waals surface area contributed by atoms with E-state index in [9.17, 15) is 29.1 Å². The Labute approximate surface area is 323 Å². The Morgan fingerprint density at radius 3 is 1.93 bits per heavy atom. The van der Waals surface area contributed by atoms with Crippen molar-refractivity contribution in [1.82, 2.24) is 31.2 Å². The molecule has 56 heavy (non-hydrogen) atoms. The number of nitrogens with zero attached hydrogens (tertiary/aromatic N) is 2. The van der Waals surface area contributed by atoms with E-state index >= 15 is 0 Å². The molecule has 4 amide bonds. The Morgan fingerprint density at radius 2 is 1.27 bits per heavy atom. The minimum Gasteiger partial charge on any atom is -0.484 e. The summed E-state index contributed by atoms with van der Waals surface area (Å²) in [5.41, 5.74) is 4.54. The zero-order valence-corrected chi connectivity index (χ0v) is 30.5. The molecule has 286 valence electrons. The highest BCUT2D eigenvalue weighted by Gasteiger charge is 2.32. The van der Waals surface area contributed by atoms with Crippen LogP contribution in [0, 0.1) is 0 Å². The number of carbonyl (C=O) groups excluding carboxylic acids is 4. The Hall–Kier alpha value is -6.89. The molecule has 2 bridgehead atoms. The second-order valence-corrected chi connectivity index (χ2v) is 13.5. The van der Waals surface area contributed by atoms with E-state index in [2.05, 4.69) is 31.2 Å². The molecule has 2 aliphatic heterocycles. The van der Waals surface area contributed by atoms with Crippen molar-refractivity contribution in [2.75, 3.05) is 6.61 Å². The molecule has 4 heterocycles. The van der Waals surface area contributed by atoms with Gasteiger partial charge in [-0.1, -0.05) is 72.8 Å². The van der Waals surface area contributed by atoms with E-state index in [4.69, 9.17) is 4.74 Å². The highest BCUT2D eigenvalue weighted by atomic mass is 16.5. The third kappa shape index (κ3) is 11.1. The maximum atomic E-state index is 14.3. The summed E-state index contributed by atoms with van der Waals surface area (Å²) in [6.07, 6.45) is 5.44. The largest absolute Gasteiger partial charge is 0.484 e. The average molecular weight is 755 g/mol. The van der Waals surface area contributed by atoms with Gasteiger partial charge in [-0.3, -0.25) is 29.1 Å². The molecule has 3 aromatic carbocycles. The van der Waals surface area contributed by atoms with Crippen molar-refractivity contribution in [3.8, 4) is 17.0 Å². The number of ether oxygens (including phenoxy) is 1. The maximum absolute atomic E-state index is 14.3. The molecule has 0 saturated heterocycles. The summed E-state index contributed by atoms with van der Waals surface area (Å²) in [6.45, 7) is -0.414. The van der Waals surface area contributed by atoms with Crippen molar-refractivity contribution in [1.29, 1.82) is 0 Å². The van der Waals surface area contributed by atoms with Gasteiger partial charge in [0.05, 0.1) is 5.69 Å². The molecule has 5 N–H and O–H groups in total. The molecule has 2 aliphatic rings. The summed E-state index contributed by atoms with van der Waals surface area (Å²) in [5.74, 6) is -3.48. The van der Waals surface area contributed by atoms with Crippen molar-refractivity contribution in [3.05, 3.63) is 150 Å². The van der Waals surface area contributed by atoms with Gasteiger partial charge in [-0.2, -0.15) is 0 Å². The number of hydrogen-bond donors (Lipinski definition) is 5. The first-order chi connectivity index (χ1) is 27.2. The van der Waals surface area contributed by atoms with Crippen LogP contribution < -0.4 is 26.0 Å². The fourth-order valence-electron chi connectivity index (χ4n) is 6.34. The van der Waals surface area contributed by atoms with Crippen LogP contribution in [0.4, 0.5) is 0 Å². The Kier molecular flexibility index (Phi) is 13.1. The molecule has 13 heteroatoms. The van der Waals surface area contributed by atoms with E-state index in [1.807, 2.05) is 72.8 Å². The standard InChI is InChI=1S/C43H42N6O7/c50-39-27-56-33-16-11-30(12-17-33)26-38(43(54)55)49-40(51)35(18-13-28-6-2-1-3-7-28)47-42(53)37(48-41(52)36(46-39)25-31-19-22-44-23-20-31)24-29-9-14-32(15-10-29)34-8-4-5-21-45-34/h1-12,14-17,19-23,35-38H,13,18,24-27H2,(H,46,50)(H,47,53)(H,48,52)(H,49,51)(H,54,55). The third-order valence-electron chi connectivity index (χ3n) is 9.37. The number of amides is 4. The number of pyridine rings is 2. The minimum absolute atomic E-state index is 0.0257. The fraction of sp³-hybridized carbons (Fsp3) is 0.233. The number of carboxylic acid groups (broad SMARTS) is 1. The monoisotopic (exact) mass is 754 g/mol. The zero-order valence-electron chi connectivity index (χ0n) is 30.5. The van der Waals surface area contributed by atoms with Gasteiger partial charge in [0, 0.05) is 43.4 Å². The van der Waals surface area contributed by atoms with Crippen molar-refractivity contribution in [2.24, 2.45) is 0 Å². The first-order valence-electron chi connectivity index (χ1n) is 18.3. The second kappa shape index (κ2) is 18.9. The molecule has 0 radical (unpaired) electrons. The number of hydrogen-bond acceptors (Lipinski definition) is 8. The van der Waals surface area contributed by atoms with Gasteiger partial charge in [-0.15, -0.1) is 0 Å². The predicted octanol–water partition coefficient (Wildman–Crippen LogP) is 3.22. The Morgan fingerprint density at radius 1 is 0.643 bits per heavy atom. The number of carbonyl (C=O) groups is 5. The lowest BCUT2D eigenvalue weighted by atomic mass is 9.99. The SMILES string of the molecule is O=C1COc2ccc(cc2)CC(C(=O)O)NC(=O)C(CCc2ccccc2)NC(=O)C(Cc2ccc(-c3ccccn3)cc2)NC(=O)C(Cc2ccncc2)N1. The summed E-state index contributed by atoms with van der Waals surface area (Å²) < 4.78 is 5.69. The van der Waals surface area contributed by atoms with Gasteiger partial charge in [-0.25, -0.2) is 4.79 Å². The van der Waals surface area contributed by atoms with Crippen LogP contribution in [0.15, 0.2) is 128 Å². The summed E-state index contributed by atoms with van der Waals surface area (Å²) >= 11 is 0. The summed E-state index contributed by atoms with van der Waals surface area (Å²) in [4.78, 5) is 76.5. The molecule has 5 aromatic rings. The van der Waals surface area contributed by atoms with Crippen LogP contribution in [0.5, 0.6) is 5.75 Å². The number of benzene rings is 3. The van der Waals surface area contributed by atoms with Crippen molar-refractivity contribution >= 4 is 29.6 Å². The number of aryl methyl sites for hydroxylation is 1. The van der Waals surface area contributed by atoms with Gasteiger partial charge in [0.2, 0.25) is 17.7 Å². The third-order valence-corrected chi connectivity index (χ3v) is 9.37. The van der Waals surface area contributed by atoms with E-state index in [1.54, 1.807) is 55.0 Å². The van der Waals surface area contributed by atoms with Crippen molar-refractivity contribution in [3.63, 3.8) is 0 Å². The minimum atomic E-state index is -1.32. The lowest BCUT2D eigenvalue weighted by Crippen LogP contribution is -2.59. The van der Waals surface area contributed by atoms with Gasteiger partial charge >= 0.3 is 5.97 Å². The van der Waals surface area contributed by atoms with Crippen LogP contribution in [0.25, 0.3) is 11.3 Å². The molecule has 4 atom stereocenters. The molecule has 4 unspecified atom stereocenters. The van der Waals surface area contributed by atoms with Crippen LogP contribution in [0.3, 0.4) is 0 Å². The number of fused-ring (bicyclic) bond motifs is 16. The van der Waals surface area contributed by atoms with E-state index in [0.29, 0.717) is 28.9 Å². The van der Waals surface area contributed by atoms with E-state index in [0.717, 1.165) is 16.8 Å². The van der Waals surface area contributed by atoms with E-state index in [-0.39, 0.29) is 25.7 Å². The molecular formula is C43H42N6O7. The highest BCUT2D eigenvalue weighted by molar-refractivity contribution is 5.95. The van der Waals surface area contributed by atoms with Gasteiger partial charge < -0.3 is 31.1 Å². The lowest BCUT2D eigenvalue weighted by molar-refractivity contribution is -0.142. The normalized spacial score (nSPS) is 19.5. The van der Waals surface area contributed by atoms with Crippen LogP contribution in [0.1, 0.15) is 28.7 Å². The average Bonchev–Trinajstić information content (AvgIpc) is 3.22. The maximum Gasteiger partial charge on any atom is 0.326 e. The van der Waals surface area contributed by atoms with Crippen LogP contribution in [-0.2, 0) is 49.7 Å². The number of aromatic nitrogens is 2. The van der Waals surface area contributed by atoms with Crippen LogP contribution >= 0.6 is 0 Å². The number of nitrogens with one attached hydrogen (secondary N) is 4. The van der Waals surface area contributed by atoms with Crippen LogP contribution in [0.2, 0.25) is 0 Å². The molecule has 0 spiro atoms. The summed E-state index contributed by atoms with van der Waals surface area (Å²) in [6, 6.07) is 27.5. The quantitative estimate of drug-likeness (QED) is 0.141. The molecule has 2 aromatic heterocycles. The number of aliphatic carboxylic acids is 1. The molecule has 0 saturated carbocycles. The lowest BCUT2D eigenvalue weighted by Gasteiger charge is -2.26. The van der Waals surface area contributed by atoms with Crippen molar-refractivity contribution < 1.29 is 33.8 Å². The fourth-order valence-corrected chi connectivity index (χ4v) is 6.34. The van der Waals surface area contributed by atoms with E-state index < -0.39 is 60.4 Å². The topological polar surface area (TPSA) is 189 Å². The van der Waals surface area contributed by atoms with Gasteiger partial charge in [-0.05, 0) is 71.5 Å². The molecule has 13 nitrogen and oxygen atoms in total. The predicted molar refractivity (Wildman–Crippen MR) is 207 cm³/mol. The Bertz CT molecular complexity index is 2100. The van der Waals surface area contributed by atoms with E-state index in [1.165, 1.54) is 0 Å². The zero-order chi connectivity index (χ0) is 39.3. The molecule has 0 fully saturated rings. The molecule has 7 rings (SSSR count). The van der Waals surface area contributed by atoms with Gasteiger partial charge in [0.25, 0.3) is 5.91 Å². The molecular weight excluding hydrogens is 713 g/mol. The first-order valence-corrected chi connectivity index (χ1v) is 18.3. The van der Waals surface area contributed by atoms with Crippen molar-refractivity contribution in [2.45, 2.75) is 56.3 Å².